The van der Waals surface area contributed by atoms with E-state index in [4.69, 9.17) is 9.47 Å². The molecule has 0 spiro atoms. The third-order valence-corrected chi connectivity index (χ3v) is 6.07. The van der Waals surface area contributed by atoms with Crippen molar-refractivity contribution in [1.29, 1.82) is 0 Å². The van der Waals surface area contributed by atoms with Crippen molar-refractivity contribution in [3.05, 3.63) is 53.6 Å². The average Bonchev–Trinajstić information content (AvgIpc) is 3.56. The first-order valence-electron chi connectivity index (χ1n) is 11.7. The van der Waals surface area contributed by atoms with Gasteiger partial charge in [-0.1, -0.05) is 18.2 Å². The largest absolute Gasteiger partial charge is 0.495 e. The summed E-state index contributed by atoms with van der Waals surface area (Å²) in [6, 6.07) is 13.5. The maximum absolute atomic E-state index is 12.7. The van der Waals surface area contributed by atoms with E-state index in [0.717, 1.165) is 24.0 Å². The summed E-state index contributed by atoms with van der Waals surface area (Å²) < 4.78 is 10.9. The van der Waals surface area contributed by atoms with Crippen LogP contribution >= 0.6 is 0 Å². The van der Waals surface area contributed by atoms with Crippen LogP contribution in [0.3, 0.4) is 0 Å². The molecule has 1 heterocycles. The Kier molecular flexibility index (Phi) is 7.35. The molecule has 1 saturated heterocycles. The van der Waals surface area contributed by atoms with E-state index < -0.39 is 5.92 Å². The number of hydrogen-bond acceptors (Lipinski definition) is 5. The lowest BCUT2D eigenvalue weighted by Crippen LogP contribution is -2.34. The molecule has 1 atom stereocenters. The maximum atomic E-state index is 12.7. The highest BCUT2D eigenvalue weighted by molar-refractivity contribution is 6.01. The quantitative estimate of drug-likeness (QED) is 0.562. The highest BCUT2D eigenvalue weighted by Crippen LogP contribution is 2.34. The van der Waals surface area contributed by atoms with Gasteiger partial charge in [0.05, 0.1) is 18.7 Å². The highest BCUT2D eigenvalue weighted by Gasteiger charge is 2.36. The van der Waals surface area contributed by atoms with Gasteiger partial charge in [0.2, 0.25) is 11.8 Å². The van der Waals surface area contributed by atoms with Gasteiger partial charge >= 0.3 is 0 Å². The van der Waals surface area contributed by atoms with Gasteiger partial charge in [0.1, 0.15) is 11.5 Å². The minimum absolute atomic E-state index is 0.0114. The number of nitrogens with zero attached hydrogens (tertiary/aromatic N) is 1. The maximum Gasteiger partial charge on any atom is 0.258 e. The molecule has 4 rings (SSSR count). The fourth-order valence-corrected chi connectivity index (χ4v) is 4.00. The molecule has 2 fully saturated rings. The first kappa shape index (κ1) is 23.6. The second-order valence-electron chi connectivity index (χ2n) is 8.90. The summed E-state index contributed by atoms with van der Waals surface area (Å²) in [4.78, 5) is 38.6. The summed E-state index contributed by atoms with van der Waals surface area (Å²) in [5.41, 5.74) is 2.77. The van der Waals surface area contributed by atoms with Crippen molar-refractivity contribution in [2.24, 2.45) is 5.92 Å². The van der Waals surface area contributed by atoms with Gasteiger partial charge in [0.15, 0.2) is 6.61 Å². The van der Waals surface area contributed by atoms with Crippen molar-refractivity contribution in [1.82, 2.24) is 10.6 Å². The Morgan fingerprint density at radius 1 is 1.12 bits per heavy atom. The Morgan fingerprint density at radius 3 is 2.59 bits per heavy atom. The van der Waals surface area contributed by atoms with E-state index in [1.165, 1.54) is 0 Å². The molecule has 0 radical (unpaired) electrons. The first-order chi connectivity index (χ1) is 16.4. The van der Waals surface area contributed by atoms with Gasteiger partial charge < -0.3 is 25.0 Å². The molecule has 1 unspecified atom stereocenters. The van der Waals surface area contributed by atoms with Gasteiger partial charge in [0.25, 0.3) is 5.91 Å². The van der Waals surface area contributed by atoms with Crippen LogP contribution in [0.1, 0.15) is 30.4 Å². The molecule has 180 valence electrons. The van der Waals surface area contributed by atoms with Crippen molar-refractivity contribution in [2.45, 2.75) is 38.6 Å². The molecule has 8 heteroatoms. The van der Waals surface area contributed by atoms with Crippen LogP contribution in [0.2, 0.25) is 0 Å². The smallest absolute Gasteiger partial charge is 0.258 e. The van der Waals surface area contributed by atoms with Crippen molar-refractivity contribution in [3.63, 3.8) is 0 Å². The lowest BCUT2D eigenvalue weighted by Gasteiger charge is -2.20. The zero-order valence-corrected chi connectivity index (χ0v) is 19.6. The minimum atomic E-state index is -0.393. The van der Waals surface area contributed by atoms with Gasteiger partial charge in [-0.25, -0.2) is 0 Å². The van der Waals surface area contributed by atoms with Crippen molar-refractivity contribution >= 4 is 23.4 Å². The molecule has 2 aliphatic rings. The molecule has 8 nitrogen and oxygen atoms in total. The lowest BCUT2D eigenvalue weighted by atomic mass is 10.1. The van der Waals surface area contributed by atoms with Crippen LogP contribution in [0.4, 0.5) is 5.69 Å². The monoisotopic (exact) mass is 465 g/mol. The van der Waals surface area contributed by atoms with E-state index in [-0.39, 0.29) is 30.7 Å². The van der Waals surface area contributed by atoms with Crippen LogP contribution in [0.5, 0.6) is 11.5 Å². The molecule has 3 amide bonds. The van der Waals surface area contributed by atoms with Crippen LogP contribution < -0.4 is 25.0 Å². The molecule has 0 aromatic heterocycles. The van der Waals surface area contributed by atoms with E-state index in [0.29, 0.717) is 42.7 Å². The standard InChI is InChI=1S/C26H31N3O5/c1-17-3-10-23(33-2)22(13-17)29-15-19(14-25(29)31)26(32)27-12-11-18-4-8-21(9-5-18)34-16-24(30)28-20-6-7-20/h3-5,8-10,13,19-20H,6-7,11-12,14-16H2,1-2H3,(H,27,32)(H,28,30). The molecular weight excluding hydrogens is 434 g/mol. The molecule has 1 aliphatic carbocycles. The number of amides is 3. The summed E-state index contributed by atoms with van der Waals surface area (Å²) in [7, 11) is 1.57. The Morgan fingerprint density at radius 2 is 1.88 bits per heavy atom. The lowest BCUT2D eigenvalue weighted by molar-refractivity contribution is -0.126. The van der Waals surface area contributed by atoms with E-state index in [2.05, 4.69) is 10.6 Å². The topological polar surface area (TPSA) is 97.0 Å². The molecule has 2 aromatic carbocycles. The second kappa shape index (κ2) is 10.6. The number of benzene rings is 2. The SMILES string of the molecule is COc1ccc(C)cc1N1CC(C(=O)NCCc2ccc(OCC(=O)NC3CC3)cc2)CC1=O. The van der Waals surface area contributed by atoms with Crippen molar-refractivity contribution in [2.75, 3.05) is 31.7 Å². The molecule has 1 aliphatic heterocycles. The number of ether oxygens (including phenoxy) is 2. The van der Waals surface area contributed by atoms with Crippen molar-refractivity contribution in [3.8, 4) is 11.5 Å². The van der Waals surface area contributed by atoms with Gasteiger partial charge in [0, 0.05) is 25.6 Å². The number of carbonyl (C=O) groups excluding carboxylic acids is 3. The number of nitrogens with one attached hydrogen (secondary N) is 2. The van der Waals surface area contributed by atoms with E-state index in [9.17, 15) is 14.4 Å². The van der Waals surface area contributed by atoms with Crippen LogP contribution in [0.25, 0.3) is 0 Å². The average molecular weight is 466 g/mol. The number of aryl methyl sites for hydroxylation is 1. The Bertz CT molecular complexity index is 1050. The molecular formula is C26H31N3O5. The number of anilines is 1. The predicted octanol–water partition coefficient (Wildman–Crippen LogP) is 2.37. The van der Waals surface area contributed by atoms with E-state index in [1.807, 2.05) is 49.4 Å². The van der Waals surface area contributed by atoms with Crippen LogP contribution in [0.15, 0.2) is 42.5 Å². The second-order valence-corrected chi connectivity index (χ2v) is 8.90. The third-order valence-electron chi connectivity index (χ3n) is 6.07. The fraction of sp³-hybridized carbons (Fsp3) is 0.423. The molecule has 2 N–H and O–H groups in total. The third kappa shape index (κ3) is 6.07. The Balaban J connectivity index is 1.22. The zero-order chi connectivity index (χ0) is 24.1. The van der Waals surface area contributed by atoms with Crippen LogP contribution in [0, 0.1) is 12.8 Å². The summed E-state index contributed by atoms with van der Waals surface area (Å²) in [5, 5.41) is 5.84. The van der Waals surface area contributed by atoms with E-state index >= 15 is 0 Å². The summed E-state index contributed by atoms with van der Waals surface area (Å²) in [6.45, 7) is 2.78. The molecule has 34 heavy (non-hydrogen) atoms. The summed E-state index contributed by atoms with van der Waals surface area (Å²) in [6.07, 6.45) is 2.94. The van der Waals surface area contributed by atoms with Gasteiger partial charge in [-0.3, -0.25) is 14.4 Å². The fourth-order valence-electron chi connectivity index (χ4n) is 4.00. The van der Waals surface area contributed by atoms with Crippen molar-refractivity contribution < 1.29 is 23.9 Å². The molecule has 1 saturated carbocycles. The molecule has 2 aromatic rings. The van der Waals surface area contributed by atoms with Gasteiger partial charge in [-0.2, -0.15) is 0 Å². The summed E-state index contributed by atoms with van der Waals surface area (Å²) in [5.74, 6) is 0.565. The highest BCUT2D eigenvalue weighted by atomic mass is 16.5. The number of hydrogen-bond donors (Lipinski definition) is 2. The van der Waals surface area contributed by atoms with Crippen LogP contribution in [-0.2, 0) is 20.8 Å². The Labute approximate surface area is 199 Å². The summed E-state index contributed by atoms with van der Waals surface area (Å²) >= 11 is 0. The zero-order valence-electron chi connectivity index (χ0n) is 19.6. The van der Waals surface area contributed by atoms with Gasteiger partial charge in [-0.05, 0) is 61.6 Å². The molecule has 0 bridgehead atoms. The first-order valence-corrected chi connectivity index (χ1v) is 11.7. The predicted molar refractivity (Wildman–Crippen MR) is 128 cm³/mol. The van der Waals surface area contributed by atoms with E-state index in [1.54, 1.807) is 12.0 Å². The number of carbonyl (C=O) groups is 3. The van der Waals surface area contributed by atoms with Crippen LogP contribution in [-0.4, -0.2) is 50.6 Å². The van der Waals surface area contributed by atoms with Gasteiger partial charge in [-0.15, -0.1) is 0 Å². The number of methoxy groups -OCH3 is 1. The normalized spacial score (nSPS) is 17.4. The Hall–Kier alpha value is -3.55. The minimum Gasteiger partial charge on any atom is -0.495 e. The number of rotatable bonds is 10.